The number of benzene rings is 1. The molecule has 1 N–H and O–H groups in total. The molecule has 0 aromatic heterocycles. The Morgan fingerprint density at radius 3 is 2.33 bits per heavy atom. The van der Waals surface area contributed by atoms with Gasteiger partial charge in [0.15, 0.2) is 0 Å². The first kappa shape index (κ1) is 15.1. The summed E-state index contributed by atoms with van der Waals surface area (Å²) >= 11 is 6.08. The molecule has 18 heavy (non-hydrogen) atoms. The van der Waals surface area contributed by atoms with Crippen molar-refractivity contribution in [3.63, 3.8) is 0 Å². The van der Waals surface area contributed by atoms with Crippen molar-refractivity contribution in [1.29, 1.82) is 0 Å². The maximum absolute atomic E-state index is 11.0. The van der Waals surface area contributed by atoms with Crippen LogP contribution in [0.5, 0.6) is 5.75 Å². The number of carbonyl (C=O) groups is 1. The van der Waals surface area contributed by atoms with E-state index in [1.807, 2.05) is 0 Å². The second-order valence-electron chi connectivity index (χ2n) is 5.79. The first-order valence-corrected chi connectivity index (χ1v) is 9.06. The minimum absolute atomic E-state index is 0.0373. The maximum atomic E-state index is 11.0. The van der Waals surface area contributed by atoms with Gasteiger partial charge in [0.05, 0.1) is 10.6 Å². The van der Waals surface area contributed by atoms with E-state index in [1.165, 1.54) is 6.07 Å². The monoisotopic (exact) mass is 286 g/mol. The van der Waals surface area contributed by atoms with Crippen LogP contribution in [0.25, 0.3) is 0 Å². The van der Waals surface area contributed by atoms with Gasteiger partial charge in [-0.1, -0.05) is 38.4 Å². The van der Waals surface area contributed by atoms with Gasteiger partial charge < -0.3 is 9.53 Å². The number of aromatic carboxylic acids is 1. The van der Waals surface area contributed by atoms with Crippen LogP contribution in [0.2, 0.25) is 23.2 Å². The van der Waals surface area contributed by atoms with E-state index in [2.05, 4.69) is 33.9 Å². The molecule has 0 fully saturated rings. The quantitative estimate of drug-likeness (QED) is 0.837. The highest BCUT2D eigenvalue weighted by atomic mass is 35.5. The molecule has 1 aromatic rings. The van der Waals surface area contributed by atoms with Crippen molar-refractivity contribution in [3.05, 3.63) is 28.8 Å². The van der Waals surface area contributed by atoms with Crippen LogP contribution in [0.15, 0.2) is 18.2 Å². The van der Waals surface area contributed by atoms with Crippen LogP contribution in [-0.4, -0.2) is 19.4 Å². The molecule has 5 heteroatoms. The lowest BCUT2D eigenvalue weighted by Crippen LogP contribution is -2.44. The van der Waals surface area contributed by atoms with Crippen LogP contribution in [0.4, 0.5) is 0 Å². The number of halogens is 1. The maximum Gasteiger partial charge on any atom is 0.337 e. The van der Waals surface area contributed by atoms with Gasteiger partial charge in [0.1, 0.15) is 5.75 Å². The smallest absolute Gasteiger partial charge is 0.337 e. The van der Waals surface area contributed by atoms with Gasteiger partial charge in [0, 0.05) is 0 Å². The zero-order valence-corrected chi connectivity index (χ0v) is 13.1. The van der Waals surface area contributed by atoms with Crippen LogP contribution in [0, 0.1) is 0 Å². The Hall–Kier alpha value is -1.00. The van der Waals surface area contributed by atoms with Gasteiger partial charge in [-0.25, -0.2) is 4.79 Å². The molecular formula is C13H19ClO3Si. The molecule has 1 rings (SSSR count). The van der Waals surface area contributed by atoms with Gasteiger partial charge in [0.25, 0.3) is 8.32 Å². The van der Waals surface area contributed by atoms with Gasteiger partial charge in [-0.05, 0) is 30.3 Å². The minimum atomic E-state index is -2.01. The predicted octanol–water partition coefficient (Wildman–Crippen LogP) is 4.42. The fourth-order valence-corrected chi connectivity index (χ4v) is 2.52. The third-order valence-corrected chi connectivity index (χ3v) is 8.10. The molecule has 0 aliphatic carbocycles. The summed E-state index contributed by atoms with van der Waals surface area (Å²) in [7, 11) is -2.01. The second kappa shape index (κ2) is 4.94. The van der Waals surface area contributed by atoms with Crippen molar-refractivity contribution in [1.82, 2.24) is 0 Å². The molecule has 3 nitrogen and oxygen atoms in total. The first-order valence-electron chi connectivity index (χ1n) is 5.77. The predicted molar refractivity (Wildman–Crippen MR) is 76.2 cm³/mol. The van der Waals surface area contributed by atoms with Crippen molar-refractivity contribution in [2.75, 3.05) is 0 Å². The van der Waals surface area contributed by atoms with E-state index in [0.29, 0.717) is 5.75 Å². The van der Waals surface area contributed by atoms with Crippen molar-refractivity contribution in [3.8, 4) is 5.75 Å². The van der Waals surface area contributed by atoms with Crippen LogP contribution in [-0.2, 0) is 0 Å². The Bertz CT molecular complexity index is 464. The Morgan fingerprint density at radius 1 is 1.33 bits per heavy atom. The second-order valence-corrected chi connectivity index (χ2v) is 10.9. The molecule has 0 atom stereocenters. The van der Waals surface area contributed by atoms with Crippen LogP contribution >= 0.6 is 11.6 Å². The van der Waals surface area contributed by atoms with E-state index < -0.39 is 14.3 Å². The van der Waals surface area contributed by atoms with Crippen molar-refractivity contribution in [2.45, 2.75) is 38.9 Å². The zero-order chi connectivity index (χ0) is 14.1. The average Bonchev–Trinajstić information content (AvgIpc) is 2.18. The number of hydrogen-bond donors (Lipinski definition) is 1. The summed E-state index contributed by atoms with van der Waals surface area (Å²) < 4.78 is 6.03. The summed E-state index contributed by atoms with van der Waals surface area (Å²) in [5.74, 6) is -0.580. The standard InChI is InChI=1S/C13H19ClO3Si/c1-13(2,3)18(4,5)17-10-8-6-7-9(11(10)14)12(15)16/h6-8H,1-5H3,(H,15,16). The summed E-state index contributed by atoms with van der Waals surface area (Å²) in [4.78, 5) is 11.0. The molecule has 0 aliphatic rings. The lowest BCUT2D eigenvalue weighted by atomic mass is 10.2. The Balaban J connectivity index is 3.14. The number of carboxylic acid groups (broad SMARTS) is 1. The Kier molecular flexibility index (Phi) is 4.13. The highest BCUT2D eigenvalue weighted by Crippen LogP contribution is 2.39. The van der Waals surface area contributed by atoms with Gasteiger partial charge in [-0.15, -0.1) is 0 Å². The SMILES string of the molecule is CC(C)(C)[Si](C)(C)Oc1cccc(C(=O)O)c1Cl. The highest BCUT2D eigenvalue weighted by Gasteiger charge is 2.39. The largest absolute Gasteiger partial charge is 0.542 e. The topological polar surface area (TPSA) is 46.5 Å². The zero-order valence-electron chi connectivity index (χ0n) is 11.4. The highest BCUT2D eigenvalue weighted by molar-refractivity contribution is 6.74. The molecular weight excluding hydrogens is 268 g/mol. The first-order chi connectivity index (χ1) is 8.06. The Morgan fingerprint density at radius 2 is 1.89 bits per heavy atom. The molecule has 100 valence electrons. The van der Waals surface area contributed by atoms with E-state index in [4.69, 9.17) is 21.1 Å². The molecule has 0 heterocycles. The molecule has 0 radical (unpaired) electrons. The normalized spacial score (nSPS) is 12.3. The summed E-state index contributed by atoms with van der Waals surface area (Å²) in [5, 5.41) is 9.23. The number of hydrogen-bond acceptors (Lipinski definition) is 2. The number of carboxylic acids is 1. The van der Waals surface area contributed by atoms with Crippen LogP contribution < -0.4 is 4.43 Å². The molecule has 0 unspecified atom stereocenters. The third-order valence-electron chi connectivity index (χ3n) is 3.36. The molecule has 0 aliphatic heterocycles. The van der Waals surface area contributed by atoms with E-state index in [0.717, 1.165) is 0 Å². The number of rotatable bonds is 3. The van der Waals surface area contributed by atoms with Crippen LogP contribution in [0.1, 0.15) is 31.1 Å². The molecule has 0 spiro atoms. The van der Waals surface area contributed by atoms with Gasteiger partial charge in [-0.3, -0.25) is 0 Å². The minimum Gasteiger partial charge on any atom is -0.542 e. The molecule has 0 saturated heterocycles. The summed E-state index contributed by atoms with van der Waals surface area (Å²) in [6.07, 6.45) is 0. The lowest BCUT2D eigenvalue weighted by Gasteiger charge is -2.36. The van der Waals surface area contributed by atoms with Gasteiger partial charge >= 0.3 is 5.97 Å². The fourth-order valence-electron chi connectivity index (χ4n) is 1.18. The van der Waals surface area contributed by atoms with Gasteiger partial charge in [-0.2, -0.15) is 0 Å². The summed E-state index contributed by atoms with van der Waals surface area (Å²) in [6.45, 7) is 10.5. The molecule has 1 aromatic carbocycles. The average molecular weight is 287 g/mol. The molecule has 0 amide bonds. The fraction of sp³-hybridized carbons (Fsp3) is 0.462. The summed E-state index contributed by atoms with van der Waals surface area (Å²) in [6, 6.07) is 4.84. The third kappa shape index (κ3) is 3.06. The van der Waals surface area contributed by atoms with Crippen molar-refractivity contribution < 1.29 is 14.3 Å². The van der Waals surface area contributed by atoms with E-state index in [9.17, 15) is 4.79 Å². The van der Waals surface area contributed by atoms with E-state index >= 15 is 0 Å². The van der Waals surface area contributed by atoms with Crippen molar-refractivity contribution in [2.24, 2.45) is 0 Å². The Labute approximate surface area is 114 Å². The summed E-state index contributed by atoms with van der Waals surface area (Å²) in [5.41, 5.74) is 0.0767. The lowest BCUT2D eigenvalue weighted by molar-refractivity contribution is 0.0697. The van der Waals surface area contributed by atoms with Crippen LogP contribution in [0.3, 0.4) is 0 Å². The van der Waals surface area contributed by atoms with E-state index in [-0.39, 0.29) is 15.6 Å². The van der Waals surface area contributed by atoms with Crippen molar-refractivity contribution >= 4 is 25.9 Å². The molecule has 0 bridgehead atoms. The molecule has 0 saturated carbocycles. The van der Waals surface area contributed by atoms with E-state index in [1.54, 1.807) is 12.1 Å². The van der Waals surface area contributed by atoms with Gasteiger partial charge in [0.2, 0.25) is 0 Å².